The predicted molar refractivity (Wildman–Crippen MR) is 135 cm³/mol. The fourth-order valence-electron chi connectivity index (χ4n) is 4.19. The number of carbonyl (C=O) groups is 1. The molecule has 1 aliphatic rings. The largest absolute Gasteiger partial charge is 0.348 e. The third-order valence-corrected chi connectivity index (χ3v) is 6.81. The molecule has 1 aliphatic heterocycles. The lowest BCUT2D eigenvalue weighted by atomic mass is 10.1. The van der Waals surface area contributed by atoms with Gasteiger partial charge in [0.15, 0.2) is 0 Å². The van der Waals surface area contributed by atoms with Crippen LogP contribution in [0.2, 0.25) is 0 Å². The van der Waals surface area contributed by atoms with Crippen LogP contribution >= 0.6 is 0 Å². The number of anilines is 1. The summed E-state index contributed by atoms with van der Waals surface area (Å²) in [6.07, 6.45) is 1.76. The van der Waals surface area contributed by atoms with Crippen molar-refractivity contribution in [3.63, 3.8) is 0 Å². The summed E-state index contributed by atoms with van der Waals surface area (Å²) < 4.78 is 1.76. The highest BCUT2D eigenvalue weighted by Crippen LogP contribution is 2.22. The van der Waals surface area contributed by atoms with E-state index in [2.05, 4.69) is 60.2 Å². The van der Waals surface area contributed by atoms with Gasteiger partial charge in [-0.1, -0.05) is 38.1 Å². The zero-order valence-corrected chi connectivity index (χ0v) is 20.7. The van der Waals surface area contributed by atoms with E-state index >= 15 is 0 Å². The molecule has 0 aliphatic carbocycles. The molecule has 0 radical (unpaired) electrons. The van der Waals surface area contributed by atoms with E-state index in [1.807, 2.05) is 14.0 Å². The highest BCUT2D eigenvalue weighted by Gasteiger charge is 2.21. The van der Waals surface area contributed by atoms with Gasteiger partial charge in [0, 0.05) is 50.4 Å². The molecule has 1 amide bonds. The van der Waals surface area contributed by atoms with Crippen molar-refractivity contribution in [3.05, 3.63) is 64.1 Å². The highest BCUT2D eigenvalue weighted by atomic mass is 16.2. The van der Waals surface area contributed by atoms with Gasteiger partial charge in [0.05, 0.1) is 12.6 Å². The van der Waals surface area contributed by atoms with Crippen LogP contribution in [0.4, 0.5) is 5.95 Å². The first-order valence-corrected chi connectivity index (χ1v) is 11.9. The Balaban J connectivity index is 1.48. The number of nitrogens with zero attached hydrogens (tertiary/aromatic N) is 5. The van der Waals surface area contributed by atoms with Crippen molar-refractivity contribution in [1.29, 1.82) is 0 Å². The van der Waals surface area contributed by atoms with Gasteiger partial charge in [0.2, 0.25) is 11.9 Å². The average molecular weight is 463 g/mol. The Morgan fingerprint density at radius 2 is 1.74 bits per heavy atom. The summed E-state index contributed by atoms with van der Waals surface area (Å²) in [6, 6.07) is 11.8. The first-order valence-electron chi connectivity index (χ1n) is 11.9. The van der Waals surface area contributed by atoms with Crippen LogP contribution in [0.5, 0.6) is 0 Å². The molecule has 2 atom stereocenters. The van der Waals surface area contributed by atoms with Crippen molar-refractivity contribution in [2.24, 2.45) is 5.92 Å². The van der Waals surface area contributed by atoms with Gasteiger partial charge >= 0.3 is 0 Å². The summed E-state index contributed by atoms with van der Waals surface area (Å²) in [5, 5.41) is 4.22. The molecule has 3 heterocycles. The van der Waals surface area contributed by atoms with Crippen LogP contribution in [-0.4, -0.2) is 56.9 Å². The summed E-state index contributed by atoms with van der Waals surface area (Å²) >= 11 is 0. The number of nitrogens with one attached hydrogen (secondary N) is 1. The van der Waals surface area contributed by atoms with Gasteiger partial charge in [0.1, 0.15) is 5.65 Å². The second-order valence-electron chi connectivity index (χ2n) is 9.63. The van der Waals surface area contributed by atoms with Gasteiger partial charge in [0.25, 0.3) is 5.56 Å². The van der Waals surface area contributed by atoms with Crippen LogP contribution in [0.25, 0.3) is 11.0 Å². The van der Waals surface area contributed by atoms with E-state index in [-0.39, 0.29) is 23.6 Å². The van der Waals surface area contributed by atoms with Crippen LogP contribution in [-0.2, 0) is 11.3 Å². The second kappa shape index (κ2) is 9.93. The number of rotatable bonds is 7. The lowest BCUT2D eigenvalue weighted by Gasteiger charge is -2.31. The number of piperazine rings is 1. The molecule has 3 aromatic rings. The summed E-state index contributed by atoms with van der Waals surface area (Å²) in [6.45, 7) is 11.2. The number of aromatic nitrogens is 3. The smallest absolute Gasteiger partial charge is 0.252 e. The Morgan fingerprint density at radius 1 is 1.00 bits per heavy atom. The Kier molecular flexibility index (Phi) is 6.97. The minimum Gasteiger partial charge on any atom is -0.348 e. The van der Waals surface area contributed by atoms with Crippen LogP contribution in [0.15, 0.2) is 47.4 Å². The molecule has 1 aromatic carbocycles. The molecule has 0 bridgehead atoms. The Hall–Kier alpha value is -3.26. The van der Waals surface area contributed by atoms with Gasteiger partial charge in [-0.15, -0.1) is 0 Å². The van der Waals surface area contributed by atoms with Gasteiger partial charge in [-0.25, -0.2) is 4.98 Å². The topological polar surface area (TPSA) is 83.4 Å². The molecule has 2 aromatic heterocycles. The molecule has 8 nitrogen and oxygen atoms in total. The summed E-state index contributed by atoms with van der Waals surface area (Å²) in [7, 11) is 1.85. The van der Waals surface area contributed by atoms with Crippen LogP contribution in [0.1, 0.15) is 50.9 Å². The molecule has 0 saturated carbocycles. The zero-order valence-electron chi connectivity index (χ0n) is 20.7. The SMILES string of the molecule is CC(Nc1ncc2ccc(=O)n(C(C)C(C)C)c2n1)c1ccc(CN2CCN(C)C(=O)C2)cc1. The van der Waals surface area contributed by atoms with E-state index in [1.54, 1.807) is 27.8 Å². The minimum absolute atomic E-state index is 0.0110. The standard InChI is InChI=1S/C26H34N6O2/c1-17(2)19(4)32-23(33)11-10-22-14-27-26(29-25(22)32)28-18(3)21-8-6-20(7-9-21)15-31-13-12-30(5)24(34)16-31/h6-11,14,17-19H,12-13,15-16H2,1-5H3,(H,27,28,29). The second-order valence-corrected chi connectivity index (χ2v) is 9.63. The number of pyridine rings is 1. The molecule has 4 rings (SSSR count). The maximum absolute atomic E-state index is 12.6. The van der Waals surface area contributed by atoms with Gasteiger partial charge in [-0.2, -0.15) is 4.98 Å². The van der Waals surface area contributed by atoms with Crippen LogP contribution < -0.4 is 10.9 Å². The van der Waals surface area contributed by atoms with E-state index in [0.717, 1.165) is 30.6 Å². The molecular formula is C26H34N6O2. The number of carbonyl (C=O) groups excluding carboxylic acids is 1. The molecule has 8 heteroatoms. The number of likely N-dealkylation sites (N-methyl/N-ethyl adjacent to an activating group) is 1. The number of amides is 1. The Labute approximate surface area is 200 Å². The summed E-state index contributed by atoms with van der Waals surface area (Å²) in [4.78, 5) is 37.7. The van der Waals surface area contributed by atoms with Crippen LogP contribution in [0.3, 0.4) is 0 Å². The van der Waals surface area contributed by atoms with Gasteiger partial charge < -0.3 is 10.2 Å². The molecule has 1 saturated heterocycles. The first-order chi connectivity index (χ1) is 16.2. The Bertz CT molecular complexity index is 1220. The van der Waals surface area contributed by atoms with E-state index in [4.69, 9.17) is 4.98 Å². The molecule has 34 heavy (non-hydrogen) atoms. The highest BCUT2D eigenvalue weighted by molar-refractivity contribution is 5.78. The van der Waals surface area contributed by atoms with E-state index in [9.17, 15) is 9.59 Å². The normalized spacial score (nSPS) is 16.8. The number of hydrogen-bond acceptors (Lipinski definition) is 6. The van der Waals surface area contributed by atoms with Crippen molar-refractivity contribution < 1.29 is 4.79 Å². The molecule has 1 N–H and O–H groups in total. The predicted octanol–water partition coefficient (Wildman–Crippen LogP) is 3.46. The number of hydrogen-bond donors (Lipinski definition) is 1. The van der Waals surface area contributed by atoms with Crippen molar-refractivity contribution in [2.75, 3.05) is 32.0 Å². The van der Waals surface area contributed by atoms with Crippen molar-refractivity contribution in [3.8, 4) is 0 Å². The molecular weight excluding hydrogens is 428 g/mol. The average Bonchev–Trinajstić information content (AvgIpc) is 2.81. The van der Waals surface area contributed by atoms with Crippen molar-refractivity contribution in [1.82, 2.24) is 24.3 Å². The maximum Gasteiger partial charge on any atom is 0.252 e. The van der Waals surface area contributed by atoms with Crippen LogP contribution in [0, 0.1) is 5.92 Å². The number of fused-ring (bicyclic) bond motifs is 1. The van der Waals surface area contributed by atoms with Gasteiger partial charge in [-0.05, 0) is 37.0 Å². The number of benzene rings is 1. The van der Waals surface area contributed by atoms with E-state index in [0.29, 0.717) is 24.1 Å². The third-order valence-electron chi connectivity index (χ3n) is 6.81. The molecule has 0 spiro atoms. The summed E-state index contributed by atoms with van der Waals surface area (Å²) in [5.41, 5.74) is 2.89. The lowest BCUT2D eigenvalue weighted by molar-refractivity contribution is -0.134. The fourth-order valence-corrected chi connectivity index (χ4v) is 4.19. The molecule has 180 valence electrons. The first kappa shape index (κ1) is 23.9. The van der Waals surface area contributed by atoms with Crippen molar-refractivity contribution >= 4 is 22.9 Å². The van der Waals surface area contributed by atoms with E-state index < -0.39 is 0 Å². The molecule has 2 unspecified atom stereocenters. The monoisotopic (exact) mass is 462 g/mol. The third kappa shape index (κ3) is 5.12. The minimum atomic E-state index is -0.0518. The van der Waals surface area contributed by atoms with Gasteiger partial charge in [-0.3, -0.25) is 19.1 Å². The molecule has 1 fully saturated rings. The van der Waals surface area contributed by atoms with Crippen molar-refractivity contribution in [2.45, 2.75) is 46.3 Å². The lowest BCUT2D eigenvalue weighted by Crippen LogP contribution is -2.47. The quantitative estimate of drug-likeness (QED) is 0.579. The Morgan fingerprint density at radius 3 is 2.41 bits per heavy atom. The maximum atomic E-state index is 12.6. The zero-order chi connectivity index (χ0) is 24.4. The summed E-state index contributed by atoms with van der Waals surface area (Å²) in [5.74, 6) is 0.968. The van der Waals surface area contributed by atoms with E-state index in [1.165, 1.54) is 5.56 Å². The fraction of sp³-hybridized carbons (Fsp3) is 0.462.